The van der Waals surface area contributed by atoms with E-state index in [1.807, 2.05) is 30.7 Å². The lowest BCUT2D eigenvalue weighted by atomic mass is 10.2. The highest BCUT2D eigenvalue weighted by Gasteiger charge is 2.10. The van der Waals surface area contributed by atoms with E-state index in [1.165, 1.54) is 0 Å². The number of carbonyl (C=O) groups excluding carboxylic acids is 1. The third-order valence-corrected chi connectivity index (χ3v) is 2.56. The number of rotatable bonds is 6. The van der Waals surface area contributed by atoms with Crippen LogP contribution in [-0.4, -0.2) is 22.2 Å². The van der Waals surface area contributed by atoms with Gasteiger partial charge in [-0.3, -0.25) is 9.48 Å². The van der Waals surface area contributed by atoms with Crippen LogP contribution in [0.4, 0.5) is 0 Å². The second kappa shape index (κ2) is 7.37. The lowest BCUT2D eigenvalue weighted by molar-refractivity contribution is -0.117. The van der Waals surface area contributed by atoms with Crippen molar-refractivity contribution in [3.05, 3.63) is 23.0 Å². The van der Waals surface area contributed by atoms with Gasteiger partial charge < -0.3 is 5.32 Å². The van der Waals surface area contributed by atoms with Crippen LogP contribution in [0, 0.1) is 18.3 Å². The van der Waals surface area contributed by atoms with Crippen LogP contribution in [0.1, 0.15) is 38.1 Å². The van der Waals surface area contributed by atoms with Gasteiger partial charge in [0.05, 0.1) is 11.4 Å². The summed E-state index contributed by atoms with van der Waals surface area (Å²) in [6, 6.07) is 3.82. The van der Waals surface area contributed by atoms with Crippen molar-refractivity contribution in [1.29, 1.82) is 5.26 Å². The van der Waals surface area contributed by atoms with Crippen molar-refractivity contribution in [3.63, 3.8) is 0 Å². The molecule has 0 unspecified atom stereocenters. The monoisotopic (exact) mass is 260 g/mol. The molecule has 102 valence electrons. The maximum atomic E-state index is 11.8. The maximum Gasteiger partial charge on any atom is 0.262 e. The van der Waals surface area contributed by atoms with Gasteiger partial charge in [-0.15, -0.1) is 0 Å². The Hall–Kier alpha value is -2.09. The van der Waals surface area contributed by atoms with Gasteiger partial charge in [-0.1, -0.05) is 13.8 Å². The molecule has 5 heteroatoms. The molecular formula is C14H20N4O. The molecule has 1 heterocycles. The Labute approximate surface area is 113 Å². The van der Waals surface area contributed by atoms with Crippen molar-refractivity contribution < 1.29 is 4.79 Å². The predicted octanol–water partition coefficient (Wildman–Crippen LogP) is 2.03. The van der Waals surface area contributed by atoms with Gasteiger partial charge in [0.15, 0.2) is 0 Å². The van der Waals surface area contributed by atoms with E-state index in [4.69, 9.17) is 5.26 Å². The average molecular weight is 260 g/mol. The summed E-state index contributed by atoms with van der Waals surface area (Å²) in [6.07, 6.45) is 3.39. The quantitative estimate of drug-likeness (QED) is 0.628. The largest absolute Gasteiger partial charge is 0.351 e. The Morgan fingerprint density at radius 1 is 1.53 bits per heavy atom. The first-order valence-electron chi connectivity index (χ1n) is 6.56. The van der Waals surface area contributed by atoms with E-state index in [0.717, 1.165) is 30.8 Å². The summed E-state index contributed by atoms with van der Waals surface area (Å²) in [5.41, 5.74) is 1.79. The lowest BCUT2D eigenvalue weighted by Gasteiger charge is -2.04. The van der Waals surface area contributed by atoms with Crippen LogP contribution in [0.2, 0.25) is 0 Å². The maximum absolute atomic E-state index is 11.8. The molecule has 1 aromatic rings. The van der Waals surface area contributed by atoms with Crippen molar-refractivity contribution >= 4 is 12.0 Å². The van der Waals surface area contributed by atoms with Gasteiger partial charge >= 0.3 is 0 Å². The summed E-state index contributed by atoms with van der Waals surface area (Å²) < 4.78 is 1.82. The summed E-state index contributed by atoms with van der Waals surface area (Å²) in [5.74, 6) is -0.328. The number of aromatic nitrogens is 2. The van der Waals surface area contributed by atoms with E-state index in [2.05, 4.69) is 17.3 Å². The second-order valence-electron chi connectivity index (χ2n) is 4.36. The molecule has 0 aliphatic heterocycles. The number of aryl methyl sites for hydroxylation is 2. The zero-order valence-electron chi connectivity index (χ0n) is 11.7. The molecule has 0 saturated carbocycles. The molecule has 19 heavy (non-hydrogen) atoms. The minimum atomic E-state index is -0.328. The molecular weight excluding hydrogens is 240 g/mol. The van der Waals surface area contributed by atoms with Gasteiger partial charge in [0, 0.05) is 13.1 Å². The van der Waals surface area contributed by atoms with Crippen molar-refractivity contribution in [2.45, 2.75) is 40.2 Å². The van der Waals surface area contributed by atoms with Crippen LogP contribution in [0.5, 0.6) is 0 Å². The first kappa shape index (κ1) is 15.0. The van der Waals surface area contributed by atoms with Crippen LogP contribution < -0.4 is 5.32 Å². The van der Waals surface area contributed by atoms with E-state index >= 15 is 0 Å². The highest BCUT2D eigenvalue weighted by Crippen LogP contribution is 2.10. The van der Waals surface area contributed by atoms with Crippen LogP contribution in [0.3, 0.4) is 0 Å². The Kier molecular flexibility index (Phi) is 5.80. The molecule has 0 fully saturated rings. The zero-order valence-corrected chi connectivity index (χ0v) is 11.7. The summed E-state index contributed by atoms with van der Waals surface area (Å²) >= 11 is 0. The molecule has 5 nitrogen and oxygen atoms in total. The topological polar surface area (TPSA) is 70.7 Å². The van der Waals surface area contributed by atoms with Crippen molar-refractivity contribution in [2.75, 3.05) is 6.54 Å². The summed E-state index contributed by atoms with van der Waals surface area (Å²) in [5, 5.41) is 16.1. The van der Waals surface area contributed by atoms with Crippen LogP contribution in [0.25, 0.3) is 6.08 Å². The molecule has 1 rings (SSSR count). The Balaban J connectivity index is 2.97. The fraction of sp³-hybridized carbons (Fsp3) is 0.500. The predicted molar refractivity (Wildman–Crippen MR) is 74.1 cm³/mol. The van der Waals surface area contributed by atoms with Crippen LogP contribution in [-0.2, 0) is 11.3 Å². The molecule has 0 aromatic carbocycles. The minimum Gasteiger partial charge on any atom is -0.351 e. The van der Waals surface area contributed by atoms with Gasteiger partial charge in [0.2, 0.25) is 0 Å². The fourth-order valence-electron chi connectivity index (χ4n) is 1.70. The molecule has 1 aromatic heterocycles. The Bertz CT molecular complexity index is 508. The molecule has 0 aliphatic carbocycles. The first-order valence-corrected chi connectivity index (χ1v) is 6.56. The van der Waals surface area contributed by atoms with Crippen molar-refractivity contribution in [2.24, 2.45) is 0 Å². The van der Waals surface area contributed by atoms with E-state index < -0.39 is 0 Å². The molecule has 0 radical (unpaired) electrons. The van der Waals surface area contributed by atoms with Gasteiger partial charge in [-0.25, -0.2) is 0 Å². The molecule has 0 aliphatic rings. The third-order valence-electron chi connectivity index (χ3n) is 2.56. The molecule has 0 saturated heterocycles. The number of amides is 1. The number of hydrogen-bond donors (Lipinski definition) is 1. The molecule has 0 atom stereocenters. The number of nitrogens with zero attached hydrogens (tertiary/aromatic N) is 3. The molecule has 1 N–H and O–H groups in total. The van der Waals surface area contributed by atoms with Gasteiger partial charge in [0.1, 0.15) is 11.6 Å². The van der Waals surface area contributed by atoms with Gasteiger partial charge in [-0.2, -0.15) is 10.4 Å². The highest BCUT2D eigenvalue weighted by molar-refractivity contribution is 6.01. The lowest BCUT2D eigenvalue weighted by Crippen LogP contribution is -2.25. The number of nitrogens with one attached hydrogen (secondary N) is 1. The zero-order chi connectivity index (χ0) is 14.3. The van der Waals surface area contributed by atoms with E-state index in [1.54, 1.807) is 6.08 Å². The smallest absolute Gasteiger partial charge is 0.262 e. The molecule has 1 amide bonds. The van der Waals surface area contributed by atoms with Crippen LogP contribution in [0.15, 0.2) is 11.6 Å². The standard InChI is InChI=1S/C14H20N4O/c1-4-6-16-14(19)12(10-15)9-13-8-11(3)17-18(13)7-5-2/h8-9H,4-7H2,1-3H3,(H,16,19)/b12-9+. The normalized spacial score (nSPS) is 11.2. The van der Waals surface area contributed by atoms with Crippen molar-refractivity contribution in [1.82, 2.24) is 15.1 Å². The molecule has 0 bridgehead atoms. The summed E-state index contributed by atoms with van der Waals surface area (Å²) in [7, 11) is 0. The van der Waals surface area contributed by atoms with Gasteiger partial charge in [0.25, 0.3) is 5.91 Å². The summed E-state index contributed by atoms with van der Waals surface area (Å²) in [4.78, 5) is 11.8. The second-order valence-corrected chi connectivity index (χ2v) is 4.36. The SMILES string of the molecule is CCCNC(=O)/C(C#N)=C/c1cc(C)nn1CCC. The van der Waals surface area contributed by atoms with E-state index in [-0.39, 0.29) is 11.5 Å². The minimum absolute atomic E-state index is 0.116. The number of hydrogen-bond acceptors (Lipinski definition) is 3. The first-order chi connectivity index (χ1) is 9.12. The van der Waals surface area contributed by atoms with Gasteiger partial charge in [-0.05, 0) is 31.9 Å². The molecule has 0 spiro atoms. The number of nitriles is 1. The fourth-order valence-corrected chi connectivity index (χ4v) is 1.70. The Morgan fingerprint density at radius 2 is 2.26 bits per heavy atom. The van der Waals surface area contributed by atoms with Crippen molar-refractivity contribution in [3.8, 4) is 6.07 Å². The highest BCUT2D eigenvalue weighted by atomic mass is 16.1. The number of carbonyl (C=O) groups is 1. The van der Waals surface area contributed by atoms with E-state index in [9.17, 15) is 4.79 Å². The van der Waals surface area contributed by atoms with E-state index in [0.29, 0.717) is 6.54 Å². The Morgan fingerprint density at radius 3 is 2.84 bits per heavy atom. The third kappa shape index (κ3) is 4.25. The van der Waals surface area contributed by atoms with Crippen LogP contribution >= 0.6 is 0 Å². The summed E-state index contributed by atoms with van der Waals surface area (Å²) in [6.45, 7) is 7.27. The average Bonchev–Trinajstić information content (AvgIpc) is 2.73.